The lowest BCUT2D eigenvalue weighted by Gasteiger charge is -2.21. The fourth-order valence-corrected chi connectivity index (χ4v) is 4.28. The predicted octanol–water partition coefficient (Wildman–Crippen LogP) is 5.11. The van der Waals surface area contributed by atoms with Crippen LogP contribution in [0.2, 0.25) is 10.0 Å². The average Bonchev–Trinajstić information content (AvgIpc) is 2.77. The smallest absolute Gasteiger partial charge is 0.255 e. The minimum absolute atomic E-state index is 0.0177. The number of rotatable bonds is 5. The van der Waals surface area contributed by atoms with E-state index in [2.05, 4.69) is 10.5 Å². The molecule has 1 fully saturated rings. The van der Waals surface area contributed by atoms with Crippen molar-refractivity contribution in [2.75, 3.05) is 13.1 Å². The number of hydrogen-bond acceptors (Lipinski definition) is 4. The second-order valence-electron chi connectivity index (χ2n) is 7.65. The van der Waals surface area contributed by atoms with Crippen LogP contribution in [0.4, 0.5) is 4.39 Å². The fourth-order valence-electron chi connectivity index (χ4n) is 3.70. The summed E-state index contributed by atoms with van der Waals surface area (Å²) < 4.78 is 15.2. The third-order valence-corrected chi connectivity index (χ3v) is 6.00. The van der Waals surface area contributed by atoms with E-state index in [4.69, 9.17) is 28.0 Å². The first-order valence-corrected chi connectivity index (χ1v) is 11.1. The second-order valence-corrected chi connectivity index (χ2v) is 8.46. The lowest BCUT2D eigenvalue weighted by atomic mass is 9.99. The number of pyridine rings is 1. The SMILES string of the molecule is Cc1cc(F)ccc1/C(=N\OC1CCNCC1)c1ccc(=O)n(-c2c(Cl)cccc2Cl)c1. The number of aromatic nitrogens is 1. The molecule has 2 aromatic carbocycles. The number of halogens is 3. The Morgan fingerprint density at radius 2 is 1.84 bits per heavy atom. The van der Waals surface area contributed by atoms with Crippen molar-refractivity contribution in [3.05, 3.63) is 97.6 Å². The summed E-state index contributed by atoms with van der Waals surface area (Å²) in [5, 5.41) is 8.46. The van der Waals surface area contributed by atoms with Crippen LogP contribution in [-0.2, 0) is 4.84 Å². The summed E-state index contributed by atoms with van der Waals surface area (Å²) >= 11 is 12.7. The van der Waals surface area contributed by atoms with Gasteiger partial charge in [-0.25, -0.2) is 4.39 Å². The molecule has 0 atom stereocenters. The van der Waals surface area contributed by atoms with Gasteiger partial charge in [-0.2, -0.15) is 0 Å². The Hall–Kier alpha value is -2.67. The van der Waals surface area contributed by atoms with E-state index in [-0.39, 0.29) is 17.5 Å². The van der Waals surface area contributed by atoms with Crippen molar-refractivity contribution >= 4 is 28.9 Å². The average molecular weight is 474 g/mol. The molecule has 4 rings (SSSR count). The van der Waals surface area contributed by atoms with Crippen LogP contribution >= 0.6 is 23.2 Å². The molecule has 1 aliphatic heterocycles. The normalized spacial score (nSPS) is 15.1. The Morgan fingerprint density at radius 3 is 2.53 bits per heavy atom. The molecule has 0 unspecified atom stereocenters. The maximum atomic E-state index is 13.8. The van der Waals surface area contributed by atoms with Gasteiger partial charge in [0.25, 0.3) is 5.56 Å². The Kier molecular flexibility index (Phi) is 6.94. The first-order chi connectivity index (χ1) is 15.4. The highest BCUT2D eigenvalue weighted by Crippen LogP contribution is 2.28. The predicted molar refractivity (Wildman–Crippen MR) is 126 cm³/mol. The number of para-hydroxylation sites is 1. The maximum absolute atomic E-state index is 13.8. The van der Waals surface area contributed by atoms with Crippen molar-refractivity contribution in [1.29, 1.82) is 0 Å². The largest absolute Gasteiger partial charge is 0.392 e. The standard InChI is InChI=1S/C24H22Cl2FN3O2/c1-15-13-17(27)6-7-19(15)23(29-32-18-9-11-28-12-10-18)16-5-8-22(31)30(14-16)24-20(25)3-2-4-21(24)26/h2-8,13-14,18,28H,9-12H2,1H3/b29-23-. The molecule has 0 saturated carbocycles. The quantitative estimate of drug-likeness (QED) is 0.413. The first kappa shape index (κ1) is 22.5. The summed E-state index contributed by atoms with van der Waals surface area (Å²) in [7, 11) is 0. The summed E-state index contributed by atoms with van der Waals surface area (Å²) in [6.45, 7) is 3.53. The zero-order valence-corrected chi connectivity index (χ0v) is 19.0. The van der Waals surface area contributed by atoms with Crippen LogP contribution in [0.25, 0.3) is 5.69 Å². The zero-order chi connectivity index (χ0) is 22.7. The molecular formula is C24H22Cl2FN3O2. The summed E-state index contributed by atoms with van der Waals surface area (Å²) in [5.41, 5.74) is 2.61. The van der Waals surface area contributed by atoms with Crippen molar-refractivity contribution in [3.8, 4) is 5.69 Å². The van der Waals surface area contributed by atoms with E-state index >= 15 is 0 Å². The summed E-state index contributed by atoms with van der Waals surface area (Å²) in [6.07, 6.45) is 3.29. The van der Waals surface area contributed by atoms with Gasteiger partial charge in [0.15, 0.2) is 0 Å². The van der Waals surface area contributed by atoms with Crippen molar-refractivity contribution in [1.82, 2.24) is 9.88 Å². The van der Waals surface area contributed by atoms with Gasteiger partial charge in [0.1, 0.15) is 17.6 Å². The van der Waals surface area contributed by atoms with Crippen molar-refractivity contribution in [3.63, 3.8) is 0 Å². The molecule has 1 saturated heterocycles. The fraction of sp³-hybridized carbons (Fsp3) is 0.250. The number of hydrogen-bond donors (Lipinski definition) is 1. The summed E-state index contributed by atoms with van der Waals surface area (Å²) in [5.74, 6) is -0.335. The maximum Gasteiger partial charge on any atom is 0.255 e. The van der Waals surface area contributed by atoms with Gasteiger partial charge in [0.05, 0.1) is 15.7 Å². The molecule has 8 heteroatoms. The van der Waals surface area contributed by atoms with Crippen LogP contribution < -0.4 is 10.9 Å². The van der Waals surface area contributed by atoms with E-state index < -0.39 is 0 Å². The van der Waals surface area contributed by atoms with E-state index in [0.717, 1.165) is 25.9 Å². The van der Waals surface area contributed by atoms with Crippen molar-refractivity contribution in [2.45, 2.75) is 25.9 Å². The van der Waals surface area contributed by atoms with Crippen LogP contribution in [0.3, 0.4) is 0 Å². The molecule has 0 aliphatic carbocycles. The Labute approximate surface area is 195 Å². The third kappa shape index (κ3) is 4.88. The zero-order valence-electron chi connectivity index (χ0n) is 17.4. The third-order valence-electron chi connectivity index (χ3n) is 5.39. The summed E-state index contributed by atoms with van der Waals surface area (Å²) in [6, 6.07) is 12.6. The highest BCUT2D eigenvalue weighted by Gasteiger charge is 2.18. The lowest BCUT2D eigenvalue weighted by molar-refractivity contribution is 0.0379. The molecule has 32 heavy (non-hydrogen) atoms. The van der Waals surface area contributed by atoms with E-state index in [1.54, 1.807) is 43.5 Å². The van der Waals surface area contributed by atoms with Gasteiger partial charge in [-0.15, -0.1) is 0 Å². The molecule has 0 bridgehead atoms. The number of nitrogens with one attached hydrogen (secondary N) is 1. The van der Waals surface area contributed by atoms with Crippen LogP contribution in [0.15, 0.2) is 64.7 Å². The molecular weight excluding hydrogens is 452 g/mol. The summed E-state index contributed by atoms with van der Waals surface area (Å²) in [4.78, 5) is 18.5. The minimum Gasteiger partial charge on any atom is -0.392 e. The molecule has 0 amide bonds. The molecule has 1 aliphatic rings. The van der Waals surface area contributed by atoms with E-state index in [1.165, 1.54) is 22.8 Å². The molecule has 0 spiro atoms. The first-order valence-electron chi connectivity index (χ1n) is 10.3. The molecule has 2 heterocycles. The van der Waals surface area contributed by atoms with Gasteiger partial charge in [-0.3, -0.25) is 9.36 Å². The molecule has 1 aromatic heterocycles. The topological polar surface area (TPSA) is 55.6 Å². The van der Waals surface area contributed by atoms with Gasteiger partial charge >= 0.3 is 0 Å². The number of aryl methyl sites for hydroxylation is 1. The highest BCUT2D eigenvalue weighted by molar-refractivity contribution is 6.37. The number of nitrogens with zero attached hydrogens (tertiary/aromatic N) is 2. The van der Waals surface area contributed by atoms with Crippen LogP contribution in [0.5, 0.6) is 0 Å². The van der Waals surface area contributed by atoms with Crippen LogP contribution in [0.1, 0.15) is 29.5 Å². The van der Waals surface area contributed by atoms with Gasteiger partial charge in [-0.1, -0.05) is 34.4 Å². The molecule has 3 aromatic rings. The number of oxime groups is 1. The Balaban J connectivity index is 1.83. The molecule has 1 N–H and O–H groups in total. The minimum atomic E-state index is -0.335. The molecule has 5 nitrogen and oxygen atoms in total. The Bertz CT molecular complexity index is 1200. The van der Waals surface area contributed by atoms with Gasteiger partial charge in [-0.05, 0) is 74.8 Å². The Morgan fingerprint density at radius 1 is 1.12 bits per heavy atom. The lowest BCUT2D eigenvalue weighted by Crippen LogP contribution is -2.31. The van der Waals surface area contributed by atoms with Crippen LogP contribution in [-0.4, -0.2) is 29.5 Å². The van der Waals surface area contributed by atoms with Gasteiger partial charge < -0.3 is 10.2 Å². The second kappa shape index (κ2) is 9.86. The molecule has 0 radical (unpaired) electrons. The van der Waals surface area contributed by atoms with Crippen LogP contribution in [0, 0.1) is 12.7 Å². The molecule has 166 valence electrons. The monoisotopic (exact) mass is 473 g/mol. The van der Waals surface area contributed by atoms with Crippen molar-refractivity contribution < 1.29 is 9.23 Å². The number of piperidine rings is 1. The van der Waals surface area contributed by atoms with Crippen molar-refractivity contribution in [2.24, 2.45) is 5.16 Å². The van der Waals surface area contributed by atoms with E-state index in [0.29, 0.717) is 38.1 Å². The van der Waals surface area contributed by atoms with E-state index in [9.17, 15) is 9.18 Å². The van der Waals surface area contributed by atoms with E-state index in [1.807, 2.05) is 0 Å². The van der Waals surface area contributed by atoms with Gasteiger partial charge in [0, 0.05) is 23.4 Å². The van der Waals surface area contributed by atoms with Gasteiger partial charge in [0.2, 0.25) is 0 Å². The number of benzene rings is 2. The highest BCUT2D eigenvalue weighted by atomic mass is 35.5.